The van der Waals surface area contributed by atoms with Gasteiger partial charge in [0.25, 0.3) is 5.89 Å². The Morgan fingerprint density at radius 1 is 1.26 bits per heavy atom. The van der Waals surface area contributed by atoms with Crippen LogP contribution in [0.2, 0.25) is 0 Å². The molecule has 2 aromatic heterocycles. The molecular weight excluding hydrogens is 399 g/mol. The lowest BCUT2D eigenvalue weighted by Crippen LogP contribution is -2.50. The van der Waals surface area contributed by atoms with E-state index in [4.69, 9.17) is 9.26 Å². The molecular formula is C23H25FN4O3. The van der Waals surface area contributed by atoms with Crippen LogP contribution in [0.15, 0.2) is 41.1 Å². The highest BCUT2D eigenvalue weighted by Gasteiger charge is 2.33. The molecule has 7 nitrogen and oxygen atoms in total. The van der Waals surface area contributed by atoms with Crippen LogP contribution in [-0.4, -0.2) is 46.2 Å². The molecule has 0 unspecified atom stereocenters. The predicted octanol–water partition coefficient (Wildman–Crippen LogP) is 3.74. The Morgan fingerprint density at radius 2 is 2.03 bits per heavy atom. The van der Waals surface area contributed by atoms with Crippen LogP contribution in [0, 0.1) is 17.7 Å². The summed E-state index contributed by atoms with van der Waals surface area (Å²) in [7, 11) is 1.41. The van der Waals surface area contributed by atoms with Crippen LogP contribution in [0.4, 0.5) is 4.39 Å². The summed E-state index contributed by atoms with van der Waals surface area (Å²) in [4.78, 5) is 22.5. The van der Waals surface area contributed by atoms with Crippen molar-refractivity contribution in [2.45, 2.75) is 26.8 Å². The highest BCUT2D eigenvalue weighted by molar-refractivity contribution is 5.73. The van der Waals surface area contributed by atoms with Gasteiger partial charge in [-0.25, -0.2) is 4.39 Å². The smallest absolute Gasteiger partial charge is 0.311 e. The predicted molar refractivity (Wildman–Crippen MR) is 112 cm³/mol. The van der Waals surface area contributed by atoms with E-state index in [0.29, 0.717) is 54.5 Å². The normalized spacial score (nSPS) is 14.6. The molecule has 162 valence electrons. The van der Waals surface area contributed by atoms with Gasteiger partial charge in [0, 0.05) is 37.0 Å². The zero-order chi connectivity index (χ0) is 22.0. The minimum Gasteiger partial charge on any atom is -0.469 e. The third-order valence-electron chi connectivity index (χ3n) is 5.31. The lowest BCUT2D eigenvalue weighted by Gasteiger charge is -2.36. The van der Waals surface area contributed by atoms with Crippen LogP contribution in [-0.2, 0) is 22.5 Å². The lowest BCUT2D eigenvalue weighted by atomic mass is 10.0. The molecule has 8 heteroatoms. The van der Waals surface area contributed by atoms with Crippen molar-refractivity contribution < 1.29 is 18.4 Å². The number of halogens is 1. The summed E-state index contributed by atoms with van der Waals surface area (Å²) in [6, 6.07) is 8.78. The SMILES string of the molecule is COC(=O)C1CN(Cc2ccc(-c3noc(-c4ccc(CC(C)C)c(F)c4)n3)cn2)C1. The molecule has 0 N–H and O–H groups in total. The fourth-order valence-corrected chi connectivity index (χ4v) is 3.64. The molecule has 0 radical (unpaired) electrons. The van der Waals surface area contributed by atoms with Crippen LogP contribution in [0.25, 0.3) is 22.8 Å². The Labute approximate surface area is 180 Å². The maximum atomic E-state index is 14.4. The van der Waals surface area contributed by atoms with E-state index >= 15 is 0 Å². The number of likely N-dealkylation sites (tertiary alicyclic amines) is 1. The number of carbonyl (C=O) groups is 1. The highest BCUT2D eigenvalue weighted by atomic mass is 19.1. The number of carbonyl (C=O) groups excluding carboxylic acids is 1. The molecule has 1 aliphatic heterocycles. The van der Waals surface area contributed by atoms with Crippen molar-refractivity contribution in [3.63, 3.8) is 0 Å². The average molecular weight is 424 g/mol. The van der Waals surface area contributed by atoms with Crippen molar-refractivity contribution in [1.29, 1.82) is 0 Å². The Morgan fingerprint density at radius 3 is 2.68 bits per heavy atom. The van der Waals surface area contributed by atoms with Crippen molar-refractivity contribution in [3.8, 4) is 22.8 Å². The number of rotatable bonds is 7. The zero-order valence-electron chi connectivity index (χ0n) is 17.8. The number of ether oxygens (including phenoxy) is 1. The Kier molecular flexibility index (Phi) is 6.08. The van der Waals surface area contributed by atoms with Crippen molar-refractivity contribution in [2.75, 3.05) is 20.2 Å². The number of benzene rings is 1. The lowest BCUT2D eigenvalue weighted by molar-refractivity contribution is -0.151. The summed E-state index contributed by atoms with van der Waals surface area (Å²) in [6.45, 7) is 6.13. The third-order valence-corrected chi connectivity index (χ3v) is 5.31. The Bertz CT molecular complexity index is 1060. The molecule has 1 saturated heterocycles. The van der Waals surface area contributed by atoms with E-state index in [1.807, 2.05) is 12.1 Å². The number of hydrogen-bond acceptors (Lipinski definition) is 7. The number of aromatic nitrogens is 3. The summed E-state index contributed by atoms with van der Waals surface area (Å²) in [6.07, 6.45) is 2.37. The van der Waals surface area contributed by atoms with Gasteiger partial charge < -0.3 is 9.26 Å². The van der Waals surface area contributed by atoms with Crippen LogP contribution in [0.5, 0.6) is 0 Å². The van der Waals surface area contributed by atoms with Gasteiger partial charge >= 0.3 is 5.97 Å². The highest BCUT2D eigenvalue weighted by Crippen LogP contribution is 2.25. The largest absolute Gasteiger partial charge is 0.469 e. The van der Waals surface area contributed by atoms with E-state index in [0.717, 1.165) is 5.69 Å². The van der Waals surface area contributed by atoms with Crippen molar-refractivity contribution in [2.24, 2.45) is 11.8 Å². The third kappa shape index (κ3) is 4.80. The molecule has 0 aliphatic carbocycles. The summed E-state index contributed by atoms with van der Waals surface area (Å²) in [5.74, 6) is 0.561. The summed E-state index contributed by atoms with van der Waals surface area (Å²) < 4.78 is 24.5. The van der Waals surface area contributed by atoms with Crippen LogP contribution in [0.1, 0.15) is 25.1 Å². The molecule has 3 aromatic rings. The van der Waals surface area contributed by atoms with Crippen LogP contribution in [0.3, 0.4) is 0 Å². The number of hydrogen-bond donors (Lipinski definition) is 0. The minimum absolute atomic E-state index is 0.0497. The van der Waals surface area contributed by atoms with Gasteiger partial charge in [-0.15, -0.1) is 0 Å². The second kappa shape index (κ2) is 8.93. The molecule has 4 rings (SSSR count). The van der Waals surface area contributed by atoms with Gasteiger partial charge in [-0.1, -0.05) is 25.1 Å². The molecule has 0 bridgehead atoms. The van der Waals surface area contributed by atoms with Crippen molar-refractivity contribution in [3.05, 3.63) is 53.6 Å². The standard InChI is InChI=1S/C23H25FN4O3/c1-14(2)8-15-4-5-16(9-20(15)24)22-26-21(27-31-22)17-6-7-19(25-10-17)13-28-11-18(12-28)23(29)30-3/h4-7,9-10,14,18H,8,11-13H2,1-3H3. The molecule has 1 aromatic carbocycles. The number of nitrogens with zero attached hydrogens (tertiary/aromatic N) is 4. The van der Waals surface area contributed by atoms with Gasteiger partial charge in [-0.3, -0.25) is 14.7 Å². The van der Waals surface area contributed by atoms with E-state index in [9.17, 15) is 9.18 Å². The van der Waals surface area contributed by atoms with Gasteiger partial charge in [0.15, 0.2) is 0 Å². The second-order valence-corrected chi connectivity index (χ2v) is 8.28. The second-order valence-electron chi connectivity index (χ2n) is 8.28. The maximum Gasteiger partial charge on any atom is 0.311 e. The topological polar surface area (TPSA) is 81.4 Å². The molecule has 0 atom stereocenters. The van der Waals surface area contributed by atoms with E-state index in [2.05, 4.69) is 33.9 Å². The molecule has 1 fully saturated rings. The fourth-order valence-electron chi connectivity index (χ4n) is 3.64. The monoisotopic (exact) mass is 424 g/mol. The Balaban J connectivity index is 1.40. The molecule has 0 amide bonds. The average Bonchev–Trinajstić information content (AvgIpc) is 3.22. The molecule has 31 heavy (non-hydrogen) atoms. The van der Waals surface area contributed by atoms with Gasteiger partial charge in [0.05, 0.1) is 18.7 Å². The first kappa shape index (κ1) is 21.1. The fraction of sp³-hybridized carbons (Fsp3) is 0.391. The summed E-state index contributed by atoms with van der Waals surface area (Å²) in [5, 5.41) is 4.01. The molecule has 0 spiro atoms. The van der Waals surface area contributed by atoms with Crippen molar-refractivity contribution >= 4 is 5.97 Å². The maximum absolute atomic E-state index is 14.4. The number of esters is 1. The van der Waals surface area contributed by atoms with E-state index in [-0.39, 0.29) is 23.6 Å². The van der Waals surface area contributed by atoms with Gasteiger partial charge in [0.2, 0.25) is 5.82 Å². The van der Waals surface area contributed by atoms with Crippen molar-refractivity contribution in [1.82, 2.24) is 20.0 Å². The number of pyridine rings is 1. The Hall–Kier alpha value is -3.13. The van der Waals surface area contributed by atoms with Gasteiger partial charge in [-0.05, 0) is 42.2 Å². The first-order valence-electron chi connectivity index (χ1n) is 10.3. The van der Waals surface area contributed by atoms with Crippen LogP contribution < -0.4 is 0 Å². The first-order chi connectivity index (χ1) is 14.9. The molecule has 1 aliphatic rings. The van der Waals surface area contributed by atoms with Crippen LogP contribution >= 0.6 is 0 Å². The van der Waals surface area contributed by atoms with E-state index in [1.165, 1.54) is 13.2 Å². The van der Waals surface area contributed by atoms with E-state index < -0.39 is 0 Å². The first-order valence-corrected chi connectivity index (χ1v) is 10.3. The van der Waals surface area contributed by atoms with E-state index in [1.54, 1.807) is 18.3 Å². The number of methoxy groups -OCH3 is 1. The summed E-state index contributed by atoms with van der Waals surface area (Å²) >= 11 is 0. The minimum atomic E-state index is -0.266. The van der Waals surface area contributed by atoms with Gasteiger partial charge in [0.1, 0.15) is 5.82 Å². The summed E-state index contributed by atoms with van der Waals surface area (Å²) in [5.41, 5.74) is 2.83. The zero-order valence-corrected chi connectivity index (χ0v) is 17.8. The quantitative estimate of drug-likeness (QED) is 0.535. The molecule has 0 saturated carbocycles. The van der Waals surface area contributed by atoms with Gasteiger partial charge in [-0.2, -0.15) is 4.98 Å². The molecule has 3 heterocycles.